The van der Waals surface area contributed by atoms with Crippen LogP contribution in [0.3, 0.4) is 0 Å². The zero-order valence-corrected chi connectivity index (χ0v) is 10.2. The van der Waals surface area contributed by atoms with Crippen molar-refractivity contribution >= 4 is 11.7 Å². The number of benzene rings is 1. The van der Waals surface area contributed by atoms with E-state index in [9.17, 15) is 9.90 Å². The van der Waals surface area contributed by atoms with E-state index in [1.165, 1.54) is 25.0 Å². The van der Waals surface area contributed by atoms with Crippen molar-refractivity contribution in [1.29, 1.82) is 0 Å². The third-order valence-corrected chi connectivity index (χ3v) is 2.95. The zero-order valence-electron chi connectivity index (χ0n) is 10.2. The van der Waals surface area contributed by atoms with Gasteiger partial charge in [-0.15, -0.1) is 5.11 Å². The minimum absolute atomic E-state index is 0.127. The third kappa shape index (κ3) is 3.55. The summed E-state index contributed by atoms with van der Waals surface area (Å²) < 4.78 is 0. The number of hydrogen-bond acceptors (Lipinski definition) is 4. The molecule has 0 aliphatic carbocycles. The van der Waals surface area contributed by atoms with Gasteiger partial charge in [0.25, 0.3) is 0 Å². The number of aromatic carboxylic acids is 1. The Morgan fingerprint density at radius 3 is 2.56 bits per heavy atom. The lowest BCUT2D eigenvalue weighted by Crippen LogP contribution is -2.21. The van der Waals surface area contributed by atoms with Gasteiger partial charge < -0.3 is 9.90 Å². The van der Waals surface area contributed by atoms with Crippen LogP contribution in [0, 0.1) is 0 Å². The van der Waals surface area contributed by atoms with Crippen LogP contribution in [0.1, 0.15) is 36.0 Å². The minimum Gasteiger partial charge on any atom is -0.545 e. The van der Waals surface area contributed by atoms with Crippen molar-refractivity contribution in [3.05, 3.63) is 29.8 Å². The smallest absolute Gasteiger partial charge is 0.0880 e. The summed E-state index contributed by atoms with van der Waals surface area (Å²) in [5.41, 5.74) is 0.670. The van der Waals surface area contributed by atoms with Gasteiger partial charge in [-0.25, -0.2) is 0 Å². The maximum absolute atomic E-state index is 10.7. The number of carbonyl (C=O) groups excluding carboxylic acids is 1. The molecule has 1 aliphatic heterocycles. The molecule has 1 heterocycles. The molecule has 5 nitrogen and oxygen atoms in total. The predicted octanol–water partition coefficient (Wildman–Crippen LogP) is 1.92. The zero-order chi connectivity index (χ0) is 12.8. The summed E-state index contributed by atoms with van der Waals surface area (Å²) in [6, 6.07) is 6.33. The Kier molecular flexibility index (Phi) is 4.28. The standard InChI is InChI=1S/C13H17N3O2/c17-13(18)11-6-5-7-12(10-11)14-15-16-8-3-1-2-4-9-16/h5-7,10H,1-4,8-9H2,(H,17,18)/p-1. The number of hydrogen-bond donors (Lipinski definition) is 0. The van der Waals surface area contributed by atoms with Gasteiger partial charge in [0.2, 0.25) is 0 Å². The van der Waals surface area contributed by atoms with Crippen LogP contribution in [-0.4, -0.2) is 24.1 Å². The van der Waals surface area contributed by atoms with Crippen molar-refractivity contribution in [2.24, 2.45) is 10.3 Å². The Bertz CT molecular complexity index is 438. The molecule has 1 aromatic rings. The van der Waals surface area contributed by atoms with Crippen molar-refractivity contribution in [2.75, 3.05) is 13.1 Å². The first-order chi connectivity index (χ1) is 8.75. The fourth-order valence-corrected chi connectivity index (χ4v) is 1.95. The van der Waals surface area contributed by atoms with Crippen LogP contribution in [0.25, 0.3) is 0 Å². The molecular weight excluding hydrogens is 230 g/mol. The van der Waals surface area contributed by atoms with E-state index in [1.54, 1.807) is 12.1 Å². The van der Waals surface area contributed by atoms with Crippen molar-refractivity contribution in [3.8, 4) is 0 Å². The lowest BCUT2D eigenvalue weighted by molar-refractivity contribution is -0.255. The number of nitrogens with zero attached hydrogens (tertiary/aromatic N) is 3. The second kappa shape index (κ2) is 6.14. The lowest BCUT2D eigenvalue weighted by Gasteiger charge is -2.13. The van der Waals surface area contributed by atoms with Crippen molar-refractivity contribution < 1.29 is 9.90 Å². The summed E-state index contributed by atoms with van der Waals surface area (Å²) in [6.07, 6.45) is 4.76. The van der Waals surface area contributed by atoms with E-state index in [-0.39, 0.29) is 5.56 Å². The molecule has 1 aromatic carbocycles. The Morgan fingerprint density at radius 2 is 1.89 bits per heavy atom. The molecule has 0 amide bonds. The van der Waals surface area contributed by atoms with Crippen LogP contribution >= 0.6 is 0 Å². The summed E-state index contributed by atoms with van der Waals surface area (Å²) in [6.45, 7) is 1.84. The van der Waals surface area contributed by atoms with Gasteiger partial charge in [-0.1, -0.05) is 30.2 Å². The second-order valence-corrected chi connectivity index (χ2v) is 4.40. The van der Waals surface area contributed by atoms with Gasteiger partial charge in [0.1, 0.15) is 0 Å². The largest absolute Gasteiger partial charge is 0.545 e. The summed E-state index contributed by atoms with van der Waals surface area (Å²) in [5, 5.41) is 20.9. The highest BCUT2D eigenvalue weighted by molar-refractivity contribution is 5.86. The third-order valence-electron chi connectivity index (χ3n) is 2.95. The van der Waals surface area contributed by atoms with Gasteiger partial charge in [0, 0.05) is 13.1 Å². The van der Waals surface area contributed by atoms with E-state index >= 15 is 0 Å². The Morgan fingerprint density at radius 1 is 1.17 bits per heavy atom. The highest BCUT2D eigenvalue weighted by Gasteiger charge is 2.06. The molecule has 1 fully saturated rings. The average Bonchev–Trinajstić information content (AvgIpc) is 2.65. The van der Waals surface area contributed by atoms with E-state index in [1.807, 2.05) is 5.01 Å². The molecule has 0 aromatic heterocycles. The van der Waals surface area contributed by atoms with E-state index in [4.69, 9.17) is 0 Å². The fourth-order valence-electron chi connectivity index (χ4n) is 1.95. The normalized spacial score (nSPS) is 16.8. The van der Waals surface area contributed by atoms with E-state index < -0.39 is 5.97 Å². The van der Waals surface area contributed by atoms with Crippen molar-refractivity contribution in [1.82, 2.24) is 5.01 Å². The maximum atomic E-state index is 10.7. The van der Waals surface area contributed by atoms with Gasteiger partial charge in [-0.2, -0.15) is 0 Å². The quantitative estimate of drug-likeness (QED) is 0.765. The molecule has 2 rings (SSSR count). The summed E-state index contributed by atoms with van der Waals surface area (Å²) in [5.74, 6) is -1.19. The SMILES string of the molecule is O=C([O-])c1cccc(N=NN2CCCCCC2)c1. The first kappa shape index (κ1) is 12.5. The molecule has 1 saturated heterocycles. The summed E-state index contributed by atoms with van der Waals surface area (Å²) in [7, 11) is 0. The highest BCUT2D eigenvalue weighted by atomic mass is 16.4. The molecule has 5 heteroatoms. The number of carboxylic acid groups (broad SMARTS) is 1. The van der Waals surface area contributed by atoms with Crippen molar-refractivity contribution in [3.63, 3.8) is 0 Å². The number of rotatable bonds is 3. The lowest BCUT2D eigenvalue weighted by atomic mass is 10.2. The first-order valence-corrected chi connectivity index (χ1v) is 6.24. The number of carboxylic acids is 1. The van der Waals surface area contributed by atoms with Gasteiger partial charge in [0.05, 0.1) is 11.7 Å². The topological polar surface area (TPSA) is 68.1 Å². The van der Waals surface area contributed by atoms with Crippen LogP contribution in [0.2, 0.25) is 0 Å². The molecular formula is C13H16N3O2-. The Balaban J connectivity index is 2.03. The van der Waals surface area contributed by atoms with Gasteiger partial charge in [0.15, 0.2) is 0 Å². The van der Waals surface area contributed by atoms with Crippen LogP contribution in [0.15, 0.2) is 34.6 Å². The Labute approximate surface area is 106 Å². The van der Waals surface area contributed by atoms with E-state index in [0.717, 1.165) is 25.9 Å². The molecule has 96 valence electrons. The first-order valence-electron chi connectivity index (χ1n) is 6.24. The Hall–Kier alpha value is -1.91. The molecule has 0 radical (unpaired) electrons. The second-order valence-electron chi connectivity index (χ2n) is 4.40. The van der Waals surface area contributed by atoms with Crippen LogP contribution in [0.5, 0.6) is 0 Å². The molecule has 0 spiro atoms. The van der Waals surface area contributed by atoms with Gasteiger partial charge in [-0.3, -0.25) is 5.01 Å². The van der Waals surface area contributed by atoms with Crippen molar-refractivity contribution in [2.45, 2.75) is 25.7 Å². The monoisotopic (exact) mass is 246 g/mol. The predicted molar refractivity (Wildman–Crippen MR) is 65.3 cm³/mol. The molecule has 18 heavy (non-hydrogen) atoms. The molecule has 0 unspecified atom stereocenters. The van der Waals surface area contributed by atoms with Gasteiger partial charge >= 0.3 is 0 Å². The van der Waals surface area contributed by atoms with Crippen LogP contribution < -0.4 is 5.11 Å². The molecule has 0 bridgehead atoms. The minimum atomic E-state index is -1.19. The van der Waals surface area contributed by atoms with Crippen LogP contribution in [-0.2, 0) is 0 Å². The highest BCUT2D eigenvalue weighted by Crippen LogP contribution is 2.16. The fraction of sp³-hybridized carbons (Fsp3) is 0.462. The summed E-state index contributed by atoms with van der Waals surface area (Å²) in [4.78, 5) is 10.7. The molecule has 0 atom stereocenters. The molecule has 1 aliphatic rings. The number of carbonyl (C=O) groups is 1. The average molecular weight is 246 g/mol. The molecule has 0 saturated carbocycles. The van der Waals surface area contributed by atoms with Gasteiger partial charge in [-0.05, 0) is 30.5 Å². The molecule has 0 N–H and O–H groups in total. The maximum Gasteiger partial charge on any atom is 0.0880 e. The van der Waals surface area contributed by atoms with Crippen LogP contribution in [0.4, 0.5) is 5.69 Å². The van der Waals surface area contributed by atoms with E-state index in [0.29, 0.717) is 5.69 Å². The van der Waals surface area contributed by atoms with E-state index in [2.05, 4.69) is 10.3 Å². The summed E-state index contributed by atoms with van der Waals surface area (Å²) >= 11 is 0.